The average Bonchev–Trinajstić information content (AvgIpc) is 3.50. The zero-order valence-corrected chi connectivity index (χ0v) is 21.6. The predicted molar refractivity (Wildman–Crippen MR) is 136 cm³/mol. The second-order valence-corrected chi connectivity index (χ2v) is 10.5. The number of ether oxygens (including phenoxy) is 1. The maximum absolute atomic E-state index is 15.2. The summed E-state index contributed by atoms with van der Waals surface area (Å²) in [6.07, 6.45) is -2.42. The van der Waals surface area contributed by atoms with Crippen molar-refractivity contribution in [2.45, 2.75) is 43.2 Å². The third-order valence-electron chi connectivity index (χ3n) is 7.32. The fraction of sp³-hybridized carbons (Fsp3) is 0.385. The molecule has 4 N–H and O–H groups in total. The number of carbonyl (C=O) groups is 4. The van der Waals surface area contributed by atoms with Crippen LogP contribution < -0.4 is 16.0 Å². The molecule has 5 rings (SSSR count). The lowest BCUT2D eigenvalue weighted by molar-refractivity contribution is -0.141. The number of fused-ring (bicyclic) bond motifs is 2. The highest BCUT2D eigenvalue weighted by Gasteiger charge is 2.58. The molecule has 4 amide bonds. The highest BCUT2D eigenvalue weighted by molar-refractivity contribution is 6.31. The van der Waals surface area contributed by atoms with Crippen LogP contribution in [-0.2, 0) is 15.1 Å². The van der Waals surface area contributed by atoms with Crippen LogP contribution in [0.4, 0.5) is 34.1 Å². The Morgan fingerprint density at radius 1 is 1.20 bits per heavy atom. The molecule has 0 aromatic heterocycles. The van der Waals surface area contributed by atoms with Crippen molar-refractivity contribution < 1.29 is 42.2 Å². The SMILES string of the molecule is O=C(O)Nc1ccc(C(=O)N[C@@H](CC2CC2(F)F)C(=O)N2CCC[C@@]3(C2)OC(=O)Nc2ccc(Cl)c(F)c23)cc1. The van der Waals surface area contributed by atoms with Crippen molar-refractivity contribution in [1.29, 1.82) is 0 Å². The highest BCUT2D eigenvalue weighted by atomic mass is 35.5. The van der Waals surface area contributed by atoms with E-state index in [9.17, 15) is 28.0 Å². The first kappa shape index (κ1) is 27.6. The van der Waals surface area contributed by atoms with E-state index in [1.165, 1.54) is 41.3 Å². The number of carboxylic acid groups (broad SMARTS) is 1. The fourth-order valence-electron chi connectivity index (χ4n) is 5.28. The standard InChI is InChI=1S/C26H24ClF3N4O6/c27-16-6-7-17-19(20(16)28)25(40-24(39)33-17)8-1-9-34(12-25)22(36)18(10-14-11-26(14,29)30)32-21(35)13-2-4-15(5-3-13)31-23(37)38/h2-7,14,18,31H,1,8-12H2,(H,32,35)(H,33,39)(H,37,38)/t14?,18-,25-/m0/s1. The van der Waals surface area contributed by atoms with Gasteiger partial charge in [0, 0.05) is 30.1 Å². The number of likely N-dealkylation sites (tertiary alicyclic amines) is 1. The number of hydrogen-bond acceptors (Lipinski definition) is 5. The lowest BCUT2D eigenvalue weighted by Gasteiger charge is -2.45. The number of anilines is 2. The van der Waals surface area contributed by atoms with Gasteiger partial charge < -0.3 is 20.1 Å². The van der Waals surface area contributed by atoms with E-state index in [1.54, 1.807) is 0 Å². The first-order valence-electron chi connectivity index (χ1n) is 12.4. The molecule has 2 aromatic rings. The van der Waals surface area contributed by atoms with Crippen molar-refractivity contribution in [1.82, 2.24) is 10.2 Å². The third kappa shape index (κ3) is 5.37. The number of benzene rings is 2. The van der Waals surface area contributed by atoms with Gasteiger partial charge in [-0.1, -0.05) is 11.6 Å². The molecule has 1 unspecified atom stereocenters. The van der Waals surface area contributed by atoms with E-state index < -0.39 is 59.7 Å². The van der Waals surface area contributed by atoms with Gasteiger partial charge in [-0.05, 0) is 55.7 Å². The van der Waals surface area contributed by atoms with Gasteiger partial charge in [-0.2, -0.15) is 0 Å². The summed E-state index contributed by atoms with van der Waals surface area (Å²) in [6, 6.07) is 6.69. The number of nitrogens with zero attached hydrogens (tertiary/aromatic N) is 1. The molecule has 1 saturated heterocycles. The third-order valence-corrected chi connectivity index (χ3v) is 7.61. The van der Waals surface area contributed by atoms with E-state index in [1.807, 2.05) is 0 Å². The van der Waals surface area contributed by atoms with Crippen molar-refractivity contribution in [3.05, 3.63) is 58.4 Å². The summed E-state index contributed by atoms with van der Waals surface area (Å²) in [5.41, 5.74) is -1.15. The Balaban J connectivity index is 1.39. The summed E-state index contributed by atoms with van der Waals surface area (Å²) in [5, 5.41) is 15.7. The number of amides is 4. The van der Waals surface area contributed by atoms with Gasteiger partial charge in [-0.15, -0.1) is 0 Å². The molecule has 2 aliphatic heterocycles. The van der Waals surface area contributed by atoms with Crippen molar-refractivity contribution in [2.75, 3.05) is 23.7 Å². The molecule has 2 fully saturated rings. The van der Waals surface area contributed by atoms with Crippen LogP contribution in [0.1, 0.15) is 41.6 Å². The monoisotopic (exact) mass is 580 g/mol. The summed E-state index contributed by atoms with van der Waals surface area (Å²) < 4.78 is 48.4. The van der Waals surface area contributed by atoms with Gasteiger partial charge in [0.2, 0.25) is 5.91 Å². The molecule has 10 nitrogen and oxygen atoms in total. The largest absolute Gasteiger partial charge is 0.465 e. The minimum atomic E-state index is -2.96. The molecule has 2 aromatic carbocycles. The Morgan fingerprint density at radius 3 is 2.55 bits per heavy atom. The Labute approximate surface area is 230 Å². The van der Waals surface area contributed by atoms with Crippen LogP contribution in [0.5, 0.6) is 0 Å². The number of alkyl halides is 2. The van der Waals surface area contributed by atoms with Gasteiger partial charge in [0.15, 0.2) is 11.4 Å². The number of hydrogen-bond donors (Lipinski definition) is 4. The highest BCUT2D eigenvalue weighted by Crippen LogP contribution is 2.51. The summed E-state index contributed by atoms with van der Waals surface area (Å²) in [6.45, 7) is -0.113. The minimum Gasteiger partial charge on any atom is -0.465 e. The zero-order chi connectivity index (χ0) is 28.8. The van der Waals surface area contributed by atoms with E-state index in [-0.39, 0.29) is 53.5 Å². The summed E-state index contributed by atoms with van der Waals surface area (Å²) in [7, 11) is 0. The molecular weight excluding hydrogens is 557 g/mol. The molecular formula is C26H24ClF3N4O6. The van der Waals surface area contributed by atoms with Crippen molar-refractivity contribution in [3.63, 3.8) is 0 Å². The lowest BCUT2D eigenvalue weighted by Crippen LogP contribution is -2.57. The Kier molecular flexibility index (Phi) is 7.02. The molecule has 0 radical (unpaired) electrons. The summed E-state index contributed by atoms with van der Waals surface area (Å²) in [4.78, 5) is 51.1. The number of rotatable bonds is 6. The van der Waals surface area contributed by atoms with Gasteiger partial charge in [-0.25, -0.2) is 22.8 Å². The number of carbonyl (C=O) groups excluding carboxylic acids is 3. The molecule has 2 heterocycles. The predicted octanol–water partition coefficient (Wildman–Crippen LogP) is 4.79. The van der Waals surface area contributed by atoms with Crippen LogP contribution in [0.25, 0.3) is 0 Å². The van der Waals surface area contributed by atoms with Crippen LogP contribution in [-0.4, -0.2) is 59.1 Å². The topological polar surface area (TPSA) is 137 Å². The summed E-state index contributed by atoms with van der Waals surface area (Å²) in [5.74, 6) is -6.29. The van der Waals surface area contributed by atoms with E-state index >= 15 is 4.39 Å². The quantitative estimate of drug-likeness (QED) is 0.388. The molecule has 3 aliphatic rings. The molecule has 0 bridgehead atoms. The van der Waals surface area contributed by atoms with Gasteiger partial charge in [0.25, 0.3) is 11.8 Å². The first-order chi connectivity index (χ1) is 18.9. The van der Waals surface area contributed by atoms with Crippen LogP contribution in [0.3, 0.4) is 0 Å². The van der Waals surface area contributed by atoms with Crippen molar-refractivity contribution >= 4 is 47.0 Å². The normalized spacial score (nSPS) is 23.4. The molecule has 1 spiro atoms. The summed E-state index contributed by atoms with van der Waals surface area (Å²) >= 11 is 6.00. The molecule has 1 aliphatic carbocycles. The van der Waals surface area contributed by atoms with Gasteiger partial charge in [0.1, 0.15) is 6.04 Å². The molecule has 40 heavy (non-hydrogen) atoms. The number of piperidine rings is 1. The van der Waals surface area contributed by atoms with E-state index in [4.69, 9.17) is 21.4 Å². The Hall–Kier alpha value is -4.00. The van der Waals surface area contributed by atoms with E-state index in [2.05, 4.69) is 16.0 Å². The number of nitrogens with one attached hydrogen (secondary N) is 3. The second-order valence-electron chi connectivity index (χ2n) is 10.1. The molecule has 14 heteroatoms. The maximum Gasteiger partial charge on any atom is 0.412 e. The van der Waals surface area contributed by atoms with Crippen molar-refractivity contribution in [3.8, 4) is 0 Å². The fourth-order valence-corrected chi connectivity index (χ4v) is 5.44. The molecule has 3 atom stereocenters. The van der Waals surface area contributed by atoms with Gasteiger partial charge >= 0.3 is 12.2 Å². The van der Waals surface area contributed by atoms with Gasteiger partial charge in [0.05, 0.1) is 22.8 Å². The number of halogens is 4. The Bertz CT molecular complexity index is 1390. The van der Waals surface area contributed by atoms with Crippen LogP contribution in [0.15, 0.2) is 36.4 Å². The second kappa shape index (κ2) is 10.2. The minimum absolute atomic E-state index is 0.0125. The first-order valence-corrected chi connectivity index (χ1v) is 12.8. The smallest absolute Gasteiger partial charge is 0.412 e. The molecule has 1 saturated carbocycles. The van der Waals surface area contributed by atoms with Crippen LogP contribution in [0, 0.1) is 11.7 Å². The lowest BCUT2D eigenvalue weighted by atomic mass is 9.82. The van der Waals surface area contributed by atoms with E-state index in [0.29, 0.717) is 6.42 Å². The Morgan fingerprint density at radius 2 is 1.90 bits per heavy atom. The van der Waals surface area contributed by atoms with Crippen molar-refractivity contribution in [2.24, 2.45) is 5.92 Å². The van der Waals surface area contributed by atoms with E-state index in [0.717, 1.165) is 0 Å². The maximum atomic E-state index is 15.2. The van der Waals surface area contributed by atoms with Crippen LogP contribution >= 0.6 is 11.6 Å². The average molecular weight is 581 g/mol. The molecule has 212 valence electrons. The van der Waals surface area contributed by atoms with Gasteiger partial charge in [-0.3, -0.25) is 20.2 Å². The zero-order valence-electron chi connectivity index (χ0n) is 20.8. The van der Waals surface area contributed by atoms with Crippen LogP contribution in [0.2, 0.25) is 5.02 Å².